The van der Waals surface area contributed by atoms with Crippen molar-refractivity contribution >= 4 is 29.9 Å². The van der Waals surface area contributed by atoms with Crippen molar-refractivity contribution in [3.8, 4) is 16.9 Å². The number of likely N-dealkylation sites (N-methyl/N-ethyl adjacent to an activating group) is 1. The van der Waals surface area contributed by atoms with E-state index >= 15 is 0 Å². The molecule has 0 aliphatic carbocycles. The summed E-state index contributed by atoms with van der Waals surface area (Å²) < 4.78 is 5.63. The van der Waals surface area contributed by atoms with Crippen LogP contribution in [0.1, 0.15) is 6.42 Å². The Morgan fingerprint density at radius 3 is 2.64 bits per heavy atom. The fourth-order valence-corrected chi connectivity index (χ4v) is 3.08. The lowest BCUT2D eigenvalue weighted by atomic mass is 10.1. The highest BCUT2D eigenvalue weighted by atomic mass is 35.5. The summed E-state index contributed by atoms with van der Waals surface area (Å²) in [6, 6.07) is 15.9. The van der Waals surface area contributed by atoms with E-state index in [2.05, 4.69) is 5.32 Å². The third kappa shape index (κ3) is 4.88. The normalized spacial score (nSPS) is 16.2. The molecule has 0 spiro atoms. The van der Waals surface area contributed by atoms with Crippen LogP contribution in [-0.4, -0.2) is 43.6 Å². The molecular formula is C19H22Cl2N2O2. The summed E-state index contributed by atoms with van der Waals surface area (Å²) in [6.45, 7) is 1.79. The molecule has 1 fully saturated rings. The van der Waals surface area contributed by atoms with Crippen molar-refractivity contribution in [2.24, 2.45) is 0 Å². The molecule has 1 N–H and O–H groups in total. The lowest BCUT2D eigenvalue weighted by molar-refractivity contribution is -0.133. The third-order valence-corrected chi connectivity index (χ3v) is 4.66. The minimum atomic E-state index is -0.0353. The number of halogens is 2. The van der Waals surface area contributed by atoms with E-state index in [4.69, 9.17) is 16.3 Å². The second kappa shape index (κ2) is 9.09. The predicted molar refractivity (Wildman–Crippen MR) is 104 cm³/mol. The Morgan fingerprint density at radius 1 is 1.24 bits per heavy atom. The highest BCUT2D eigenvalue weighted by molar-refractivity contribution is 6.32. The van der Waals surface area contributed by atoms with Crippen LogP contribution >= 0.6 is 24.0 Å². The maximum atomic E-state index is 12.2. The minimum Gasteiger partial charge on any atom is -0.482 e. The molecule has 1 heterocycles. The zero-order valence-electron chi connectivity index (χ0n) is 14.1. The first kappa shape index (κ1) is 19.6. The van der Waals surface area contributed by atoms with Crippen molar-refractivity contribution in [2.45, 2.75) is 12.5 Å². The maximum absolute atomic E-state index is 12.2. The van der Waals surface area contributed by atoms with Crippen LogP contribution in [0.25, 0.3) is 11.1 Å². The first-order valence-electron chi connectivity index (χ1n) is 8.09. The molecule has 1 unspecified atom stereocenters. The summed E-state index contributed by atoms with van der Waals surface area (Å²) in [6.07, 6.45) is 0.981. The minimum absolute atomic E-state index is 0. The molecule has 134 valence electrons. The van der Waals surface area contributed by atoms with E-state index in [9.17, 15) is 4.79 Å². The largest absolute Gasteiger partial charge is 0.482 e. The van der Waals surface area contributed by atoms with Crippen molar-refractivity contribution in [1.29, 1.82) is 0 Å². The van der Waals surface area contributed by atoms with Gasteiger partial charge in [-0.25, -0.2) is 0 Å². The van der Waals surface area contributed by atoms with Crippen molar-refractivity contribution in [3.05, 3.63) is 53.6 Å². The number of carbonyl (C=O) groups is 1. The summed E-state index contributed by atoms with van der Waals surface area (Å²) in [4.78, 5) is 14.0. The lowest BCUT2D eigenvalue weighted by Crippen LogP contribution is -2.40. The number of amides is 1. The Kier molecular flexibility index (Phi) is 7.12. The molecule has 0 saturated carbocycles. The van der Waals surface area contributed by atoms with Crippen LogP contribution in [0.4, 0.5) is 0 Å². The summed E-state index contributed by atoms with van der Waals surface area (Å²) >= 11 is 6.31. The standard InChI is InChI=1S/C19H21ClN2O2.ClH/c1-22(16-9-10-21-12-16)19(23)13-24-18-8-7-15(11-17(18)20)14-5-3-2-4-6-14;/h2-8,11,16,21H,9-10,12-13H2,1H3;1H. The van der Waals surface area contributed by atoms with Crippen LogP contribution in [0.15, 0.2) is 48.5 Å². The van der Waals surface area contributed by atoms with Crippen LogP contribution < -0.4 is 10.1 Å². The molecule has 1 atom stereocenters. The van der Waals surface area contributed by atoms with Crippen LogP contribution in [0.2, 0.25) is 5.02 Å². The van der Waals surface area contributed by atoms with E-state index in [1.165, 1.54) is 0 Å². The molecule has 3 rings (SSSR count). The van der Waals surface area contributed by atoms with Gasteiger partial charge >= 0.3 is 0 Å². The highest BCUT2D eigenvalue weighted by Crippen LogP contribution is 2.30. The van der Waals surface area contributed by atoms with Gasteiger partial charge in [0.2, 0.25) is 0 Å². The number of ether oxygens (including phenoxy) is 1. The number of rotatable bonds is 5. The topological polar surface area (TPSA) is 41.6 Å². The molecule has 4 nitrogen and oxygen atoms in total. The Bertz CT molecular complexity index is 704. The van der Waals surface area contributed by atoms with Crippen LogP contribution in [0, 0.1) is 0 Å². The lowest BCUT2D eigenvalue weighted by Gasteiger charge is -2.23. The molecule has 1 amide bonds. The summed E-state index contributed by atoms with van der Waals surface area (Å²) in [5.74, 6) is 0.495. The Morgan fingerprint density at radius 2 is 2.00 bits per heavy atom. The fraction of sp³-hybridized carbons (Fsp3) is 0.316. The zero-order valence-corrected chi connectivity index (χ0v) is 15.6. The molecule has 1 aliphatic heterocycles. The Hall–Kier alpha value is -1.75. The number of carbonyl (C=O) groups excluding carboxylic acids is 1. The zero-order chi connectivity index (χ0) is 16.9. The maximum Gasteiger partial charge on any atom is 0.260 e. The van der Waals surface area contributed by atoms with E-state index in [1.807, 2.05) is 55.6 Å². The van der Waals surface area contributed by atoms with Gasteiger partial charge in [-0.3, -0.25) is 4.79 Å². The average Bonchev–Trinajstić information content (AvgIpc) is 3.15. The SMILES string of the molecule is CN(C(=O)COc1ccc(-c2ccccc2)cc1Cl)C1CCNC1.Cl. The average molecular weight is 381 g/mol. The van der Waals surface area contributed by atoms with Gasteiger partial charge in [-0.2, -0.15) is 0 Å². The van der Waals surface area contributed by atoms with Gasteiger partial charge in [0.15, 0.2) is 6.61 Å². The van der Waals surface area contributed by atoms with Gasteiger partial charge < -0.3 is 15.0 Å². The van der Waals surface area contributed by atoms with E-state index in [0.717, 1.165) is 30.6 Å². The molecule has 1 saturated heterocycles. The van der Waals surface area contributed by atoms with E-state index in [1.54, 1.807) is 4.90 Å². The van der Waals surface area contributed by atoms with Crippen LogP contribution in [0.3, 0.4) is 0 Å². The smallest absolute Gasteiger partial charge is 0.260 e. The van der Waals surface area contributed by atoms with Gasteiger partial charge in [0, 0.05) is 19.6 Å². The van der Waals surface area contributed by atoms with Crippen molar-refractivity contribution < 1.29 is 9.53 Å². The number of hydrogen-bond acceptors (Lipinski definition) is 3. The van der Waals surface area contributed by atoms with E-state index in [-0.39, 0.29) is 31.0 Å². The van der Waals surface area contributed by atoms with Crippen LogP contribution in [-0.2, 0) is 4.79 Å². The van der Waals surface area contributed by atoms with Crippen molar-refractivity contribution in [3.63, 3.8) is 0 Å². The number of benzene rings is 2. The molecule has 0 aromatic heterocycles. The number of nitrogens with one attached hydrogen (secondary N) is 1. The molecule has 1 aliphatic rings. The molecule has 2 aromatic carbocycles. The van der Waals surface area contributed by atoms with Crippen molar-refractivity contribution in [2.75, 3.05) is 26.7 Å². The summed E-state index contributed by atoms with van der Waals surface area (Å²) in [7, 11) is 1.82. The molecule has 0 bridgehead atoms. The van der Waals surface area contributed by atoms with E-state index < -0.39 is 0 Å². The van der Waals surface area contributed by atoms with Crippen molar-refractivity contribution in [1.82, 2.24) is 10.2 Å². The Balaban J connectivity index is 0.00000225. The van der Waals surface area contributed by atoms with E-state index in [0.29, 0.717) is 10.8 Å². The fourth-order valence-electron chi connectivity index (χ4n) is 2.84. The molecule has 2 aromatic rings. The predicted octanol–water partition coefficient (Wildman–Crippen LogP) is 3.63. The molecular weight excluding hydrogens is 359 g/mol. The Labute approximate surface area is 159 Å². The van der Waals surface area contributed by atoms with Crippen LogP contribution in [0.5, 0.6) is 5.75 Å². The van der Waals surface area contributed by atoms with Gasteiger partial charge in [-0.05, 0) is 36.2 Å². The summed E-state index contributed by atoms with van der Waals surface area (Å²) in [5, 5.41) is 3.77. The van der Waals surface area contributed by atoms with Gasteiger partial charge in [0.05, 0.1) is 5.02 Å². The third-order valence-electron chi connectivity index (χ3n) is 4.37. The highest BCUT2D eigenvalue weighted by Gasteiger charge is 2.23. The number of nitrogens with zero attached hydrogens (tertiary/aromatic N) is 1. The molecule has 0 radical (unpaired) electrons. The quantitative estimate of drug-likeness (QED) is 0.860. The van der Waals surface area contributed by atoms with Gasteiger partial charge in [-0.15, -0.1) is 12.4 Å². The monoisotopic (exact) mass is 380 g/mol. The van der Waals surface area contributed by atoms with Gasteiger partial charge in [0.1, 0.15) is 5.75 Å². The van der Waals surface area contributed by atoms with Gasteiger partial charge in [-0.1, -0.05) is 48.0 Å². The first-order valence-corrected chi connectivity index (χ1v) is 8.47. The molecule has 25 heavy (non-hydrogen) atoms. The molecule has 6 heteroatoms. The second-order valence-electron chi connectivity index (χ2n) is 5.95. The second-order valence-corrected chi connectivity index (χ2v) is 6.36. The number of hydrogen-bond donors (Lipinski definition) is 1. The van der Waals surface area contributed by atoms with Gasteiger partial charge in [0.25, 0.3) is 5.91 Å². The first-order chi connectivity index (χ1) is 11.6. The summed E-state index contributed by atoms with van der Waals surface area (Å²) in [5.41, 5.74) is 2.11.